The van der Waals surface area contributed by atoms with Gasteiger partial charge in [0.05, 0.1) is 11.7 Å². The lowest BCUT2D eigenvalue weighted by molar-refractivity contribution is -0.126. The molecule has 0 radical (unpaired) electrons. The number of carbonyl (C=O) groups is 1. The molecule has 1 amide bonds. The first-order valence-electron chi connectivity index (χ1n) is 10.5. The van der Waals surface area contributed by atoms with Crippen molar-refractivity contribution in [1.29, 1.82) is 5.26 Å². The summed E-state index contributed by atoms with van der Waals surface area (Å²) in [4.78, 5) is 19.5. The summed E-state index contributed by atoms with van der Waals surface area (Å²) in [5, 5.41) is 9.81. The quantitative estimate of drug-likeness (QED) is 0.402. The highest BCUT2D eigenvalue weighted by Crippen LogP contribution is 2.28. The van der Waals surface area contributed by atoms with Crippen LogP contribution in [0, 0.1) is 25.2 Å². The van der Waals surface area contributed by atoms with Crippen molar-refractivity contribution in [2.75, 3.05) is 7.05 Å². The molecule has 0 N–H and O–H groups in total. The standard InChI is InChI=1S/C26H28N4O/c1-5-15-30-19(2)16-22(20(30)3)17-23(18-27)26(31)29(4)25(21-11-7-6-8-12-21)24-13-9-10-14-28-24/h6-14,16-17,25H,5,15H2,1-4H3/b23-17-. The number of amides is 1. The summed E-state index contributed by atoms with van der Waals surface area (Å²) >= 11 is 0. The third-order valence-electron chi connectivity index (χ3n) is 5.50. The Bertz CT molecular complexity index is 1070. The molecule has 0 saturated carbocycles. The molecule has 0 aliphatic heterocycles. The number of nitriles is 1. The lowest BCUT2D eigenvalue weighted by Crippen LogP contribution is -2.33. The minimum Gasteiger partial charge on any atom is -0.349 e. The molecule has 158 valence electrons. The number of rotatable bonds is 7. The summed E-state index contributed by atoms with van der Waals surface area (Å²) in [5.74, 6) is -0.331. The van der Waals surface area contributed by atoms with E-state index in [1.54, 1.807) is 24.2 Å². The van der Waals surface area contributed by atoms with Crippen molar-refractivity contribution < 1.29 is 4.79 Å². The summed E-state index contributed by atoms with van der Waals surface area (Å²) in [7, 11) is 1.72. The number of benzene rings is 1. The van der Waals surface area contributed by atoms with Gasteiger partial charge in [-0.25, -0.2) is 0 Å². The zero-order valence-corrected chi connectivity index (χ0v) is 18.5. The Morgan fingerprint density at radius 1 is 1.19 bits per heavy atom. The molecule has 31 heavy (non-hydrogen) atoms. The predicted octanol–water partition coefficient (Wildman–Crippen LogP) is 5.06. The lowest BCUT2D eigenvalue weighted by Gasteiger charge is -2.28. The fraction of sp³-hybridized carbons (Fsp3) is 0.269. The van der Waals surface area contributed by atoms with Gasteiger partial charge in [-0.1, -0.05) is 43.3 Å². The number of hydrogen-bond acceptors (Lipinski definition) is 3. The topological polar surface area (TPSA) is 61.9 Å². The van der Waals surface area contributed by atoms with Crippen LogP contribution in [0.2, 0.25) is 0 Å². The number of nitrogens with zero attached hydrogens (tertiary/aromatic N) is 4. The fourth-order valence-electron chi connectivity index (χ4n) is 3.91. The van der Waals surface area contributed by atoms with Gasteiger partial charge in [0.25, 0.3) is 5.91 Å². The third kappa shape index (κ3) is 4.75. The largest absolute Gasteiger partial charge is 0.349 e. The average molecular weight is 413 g/mol. The van der Waals surface area contributed by atoms with E-state index in [2.05, 4.69) is 22.5 Å². The Hall–Kier alpha value is -3.65. The SMILES string of the molecule is CCCn1c(C)cc(/C=C(/C#N)C(=O)N(C)C(c2ccccc2)c2ccccn2)c1C. The Morgan fingerprint density at radius 2 is 1.90 bits per heavy atom. The number of hydrogen-bond donors (Lipinski definition) is 0. The van der Waals surface area contributed by atoms with Crippen LogP contribution in [0.4, 0.5) is 0 Å². The van der Waals surface area contributed by atoms with Crippen LogP contribution >= 0.6 is 0 Å². The minimum atomic E-state index is -0.390. The molecule has 1 atom stereocenters. The summed E-state index contributed by atoms with van der Waals surface area (Å²) in [6, 6.07) is 19.2. The van der Waals surface area contributed by atoms with E-state index in [0.29, 0.717) is 0 Å². The number of aromatic nitrogens is 2. The van der Waals surface area contributed by atoms with Crippen LogP contribution in [-0.4, -0.2) is 27.4 Å². The fourth-order valence-corrected chi connectivity index (χ4v) is 3.91. The third-order valence-corrected chi connectivity index (χ3v) is 5.50. The Balaban J connectivity index is 1.99. The molecule has 2 heterocycles. The molecular weight excluding hydrogens is 384 g/mol. The number of likely N-dealkylation sites (N-methyl/N-ethyl adjacent to an activating group) is 1. The molecule has 5 nitrogen and oxygen atoms in total. The summed E-state index contributed by atoms with van der Waals surface area (Å²) < 4.78 is 2.22. The maximum absolute atomic E-state index is 13.4. The van der Waals surface area contributed by atoms with Crippen LogP contribution in [0.1, 0.15) is 47.6 Å². The zero-order chi connectivity index (χ0) is 22.4. The van der Waals surface area contributed by atoms with Crippen LogP contribution in [-0.2, 0) is 11.3 Å². The molecule has 0 aliphatic carbocycles. The summed E-state index contributed by atoms with van der Waals surface area (Å²) in [6.07, 6.45) is 4.44. The van der Waals surface area contributed by atoms with Crippen molar-refractivity contribution >= 4 is 12.0 Å². The highest BCUT2D eigenvalue weighted by molar-refractivity contribution is 6.02. The molecule has 2 aromatic heterocycles. The Morgan fingerprint density at radius 3 is 2.52 bits per heavy atom. The number of aryl methyl sites for hydroxylation is 1. The van der Waals surface area contributed by atoms with E-state index >= 15 is 0 Å². The van der Waals surface area contributed by atoms with Crippen LogP contribution < -0.4 is 0 Å². The average Bonchev–Trinajstić information content (AvgIpc) is 3.06. The molecule has 5 heteroatoms. The second-order valence-corrected chi connectivity index (χ2v) is 7.63. The van der Waals surface area contributed by atoms with Gasteiger partial charge in [0, 0.05) is 31.2 Å². The molecule has 0 aliphatic rings. The van der Waals surface area contributed by atoms with Gasteiger partial charge in [-0.15, -0.1) is 0 Å². The molecule has 0 bridgehead atoms. The van der Waals surface area contributed by atoms with Crippen molar-refractivity contribution in [3.05, 3.63) is 94.6 Å². The van der Waals surface area contributed by atoms with E-state index in [-0.39, 0.29) is 17.5 Å². The number of pyridine rings is 1. The Kier molecular flexibility index (Phi) is 7.04. The smallest absolute Gasteiger partial charge is 0.265 e. The first-order chi connectivity index (χ1) is 15.0. The molecule has 1 unspecified atom stereocenters. The lowest BCUT2D eigenvalue weighted by atomic mass is 10.0. The van der Waals surface area contributed by atoms with E-state index in [9.17, 15) is 10.1 Å². The van der Waals surface area contributed by atoms with Gasteiger partial charge < -0.3 is 9.47 Å². The normalized spacial score (nSPS) is 12.3. The van der Waals surface area contributed by atoms with Gasteiger partial charge in [-0.05, 0) is 55.7 Å². The second-order valence-electron chi connectivity index (χ2n) is 7.63. The highest BCUT2D eigenvalue weighted by atomic mass is 16.2. The van der Waals surface area contributed by atoms with E-state index in [4.69, 9.17) is 0 Å². The monoisotopic (exact) mass is 412 g/mol. The number of carbonyl (C=O) groups excluding carboxylic acids is 1. The van der Waals surface area contributed by atoms with E-state index in [0.717, 1.165) is 41.2 Å². The first kappa shape index (κ1) is 22.0. The van der Waals surface area contributed by atoms with Gasteiger partial charge >= 0.3 is 0 Å². The molecule has 0 fully saturated rings. The maximum Gasteiger partial charge on any atom is 0.265 e. The molecule has 0 spiro atoms. The van der Waals surface area contributed by atoms with E-state index in [1.165, 1.54) is 0 Å². The second kappa shape index (κ2) is 9.90. The molecular formula is C26H28N4O. The van der Waals surface area contributed by atoms with Crippen molar-refractivity contribution in [1.82, 2.24) is 14.5 Å². The van der Waals surface area contributed by atoms with Crippen LogP contribution in [0.3, 0.4) is 0 Å². The van der Waals surface area contributed by atoms with Gasteiger partial charge in [-0.3, -0.25) is 9.78 Å². The van der Waals surface area contributed by atoms with Crippen molar-refractivity contribution in [3.8, 4) is 6.07 Å². The maximum atomic E-state index is 13.4. The van der Waals surface area contributed by atoms with Crippen LogP contribution in [0.25, 0.3) is 6.08 Å². The summed E-state index contributed by atoms with van der Waals surface area (Å²) in [5.41, 5.74) is 4.89. The van der Waals surface area contributed by atoms with E-state index < -0.39 is 0 Å². The van der Waals surface area contributed by atoms with E-state index in [1.807, 2.05) is 68.4 Å². The van der Waals surface area contributed by atoms with Gasteiger partial charge in [0.15, 0.2) is 0 Å². The molecule has 3 rings (SSSR count). The van der Waals surface area contributed by atoms with Crippen LogP contribution in [0.15, 0.2) is 66.4 Å². The molecule has 0 saturated heterocycles. The zero-order valence-electron chi connectivity index (χ0n) is 18.5. The van der Waals surface area contributed by atoms with Crippen molar-refractivity contribution in [2.45, 2.75) is 39.8 Å². The first-order valence-corrected chi connectivity index (χ1v) is 10.5. The highest BCUT2D eigenvalue weighted by Gasteiger charge is 2.27. The molecule has 3 aromatic rings. The van der Waals surface area contributed by atoms with Crippen molar-refractivity contribution in [2.24, 2.45) is 0 Å². The van der Waals surface area contributed by atoms with Crippen LogP contribution in [0.5, 0.6) is 0 Å². The molecule has 1 aromatic carbocycles. The Labute approximate surface area is 184 Å². The van der Waals surface area contributed by atoms with Gasteiger partial charge in [-0.2, -0.15) is 5.26 Å². The summed E-state index contributed by atoms with van der Waals surface area (Å²) in [6.45, 7) is 7.12. The van der Waals surface area contributed by atoms with Gasteiger partial charge in [0.2, 0.25) is 0 Å². The predicted molar refractivity (Wildman–Crippen MR) is 123 cm³/mol. The van der Waals surface area contributed by atoms with Gasteiger partial charge in [0.1, 0.15) is 11.6 Å². The minimum absolute atomic E-state index is 0.108. The van der Waals surface area contributed by atoms with Crippen molar-refractivity contribution in [3.63, 3.8) is 0 Å².